The lowest BCUT2D eigenvalue weighted by atomic mass is 9.87. The third-order valence-corrected chi connectivity index (χ3v) is 5.48. The molecule has 0 bridgehead atoms. The van der Waals surface area contributed by atoms with E-state index in [0.29, 0.717) is 37.8 Å². The average molecular weight is 438 g/mol. The molecule has 4 N–H and O–H groups in total. The van der Waals surface area contributed by atoms with Gasteiger partial charge in [0.05, 0.1) is 11.9 Å². The highest BCUT2D eigenvalue weighted by Gasteiger charge is 2.58. The predicted molar refractivity (Wildman–Crippen MR) is 112 cm³/mol. The van der Waals surface area contributed by atoms with Gasteiger partial charge in [-0.1, -0.05) is 36.8 Å². The molecule has 1 aliphatic heterocycles. The van der Waals surface area contributed by atoms with Crippen molar-refractivity contribution in [2.24, 2.45) is 11.5 Å². The summed E-state index contributed by atoms with van der Waals surface area (Å²) in [6.07, 6.45) is 2.05. The van der Waals surface area contributed by atoms with E-state index < -0.39 is 40.9 Å². The Morgan fingerprint density at radius 3 is 2.50 bits per heavy atom. The van der Waals surface area contributed by atoms with Crippen molar-refractivity contribution in [3.8, 4) is 0 Å². The number of ketones is 2. The normalized spacial score (nSPS) is 19.4. The van der Waals surface area contributed by atoms with Crippen molar-refractivity contribution in [2.75, 3.05) is 19.0 Å². The van der Waals surface area contributed by atoms with Gasteiger partial charge in [-0.05, 0) is 37.8 Å². The maximum atomic E-state index is 13.1. The van der Waals surface area contributed by atoms with Gasteiger partial charge in [-0.25, -0.2) is 4.79 Å². The molecular formula is C21H28ClN3O5. The first-order valence-electron chi connectivity index (χ1n) is 10.00. The summed E-state index contributed by atoms with van der Waals surface area (Å²) in [6, 6.07) is 8.00. The highest BCUT2D eigenvalue weighted by Crippen LogP contribution is 2.33. The van der Waals surface area contributed by atoms with Gasteiger partial charge in [0.2, 0.25) is 23.0 Å². The summed E-state index contributed by atoms with van der Waals surface area (Å²) in [5.41, 5.74) is 10.2. The van der Waals surface area contributed by atoms with Crippen LogP contribution in [0.3, 0.4) is 0 Å². The Bertz CT molecular complexity index is 773. The lowest BCUT2D eigenvalue weighted by Crippen LogP contribution is -2.63. The number of carbonyl (C=O) groups excluding carboxylic acids is 4. The Balaban J connectivity index is 2.27. The molecule has 1 aromatic carbocycles. The fourth-order valence-corrected chi connectivity index (χ4v) is 3.75. The largest absolute Gasteiger partial charge is 0.459 e. The zero-order valence-electron chi connectivity index (χ0n) is 16.8. The predicted octanol–water partition coefficient (Wildman–Crippen LogP) is 0.924. The first-order chi connectivity index (χ1) is 14.4. The molecular weight excluding hydrogens is 410 g/mol. The fraction of sp³-hybridized carbons (Fsp3) is 0.524. The Kier molecular flexibility index (Phi) is 8.95. The second-order valence-corrected chi connectivity index (χ2v) is 7.56. The number of hydrogen-bond acceptors (Lipinski definition) is 7. The van der Waals surface area contributed by atoms with Gasteiger partial charge >= 0.3 is 5.97 Å². The van der Waals surface area contributed by atoms with E-state index in [9.17, 15) is 19.2 Å². The van der Waals surface area contributed by atoms with Crippen molar-refractivity contribution in [1.82, 2.24) is 4.90 Å². The molecule has 0 radical (unpaired) electrons. The summed E-state index contributed by atoms with van der Waals surface area (Å²) in [4.78, 5) is 52.4. The van der Waals surface area contributed by atoms with Gasteiger partial charge in [-0.3, -0.25) is 14.4 Å². The smallest absolute Gasteiger partial charge is 0.340 e. The molecule has 0 unspecified atom stereocenters. The van der Waals surface area contributed by atoms with E-state index in [1.54, 1.807) is 24.3 Å². The molecule has 0 spiro atoms. The van der Waals surface area contributed by atoms with Gasteiger partial charge in [0.1, 0.15) is 6.61 Å². The van der Waals surface area contributed by atoms with E-state index in [4.69, 9.17) is 27.8 Å². The zero-order chi connectivity index (χ0) is 22.1. The van der Waals surface area contributed by atoms with Gasteiger partial charge in [-0.2, -0.15) is 0 Å². The standard InChI is InChI=1S/C21H28ClN3O5/c22-13-17(26)18(27)21(20(29)30-14-15-7-2-1-3-8-15)10-6-12-25(21)19(28)16(24)9-4-5-11-23/h1-3,7-8,16H,4-6,9-14,23-24H2/t16-,21-/m0/s1. The highest BCUT2D eigenvalue weighted by atomic mass is 35.5. The Hall–Kier alpha value is -2.29. The third kappa shape index (κ3) is 5.24. The quantitative estimate of drug-likeness (QED) is 0.173. The Morgan fingerprint density at radius 1 is 1.17 bits per heavy atom. The maximum absolute atomic E-state index is 13.1. The molecule has 2 atom stereocenters. The van der Waals surface area contributed by atoms with Crippen molar-refractivity contribution < 1.29 is 23.9 Å². The van der Waals surface area contributed by atoms with Crippen LogP contribution in [0.5, 0.6) is 0 Å². The summed E-state index contributed by atoms with van der Waals surface area (Å²) in [6.45, 7) is 0.516. The molecule has 1 amide bonds. The van der Waals surface area contributed by atoms with Crippen molar-refractivity contribution in [1.29, 1.82) is 0 Å². The first kappa shape index (κ1) is 24.0. The average Bonchev–Trinajstić information content (AvgIpc) is 3.22. The number of hydrogen-bond donors (Lipinski definition) is 2. The minimum absolute atomic E-state index is 0.0106. The van der Waals surface area contributed by atoms with E-state index in [0.717, 1.165) is 4.90 Å². The highest BCUT2D eigenvalue weighted by molar-refractivity contribution is 6.52. The van der Waals surface area contributed by atoms with E-state index in [-0.39, 0.29) is 19.6 Å². The number of nitrogens with two attached hydrogens (primary N) is 2. The van der Waals surface area contributed by atoms with Gasteiger partial charge in [0, 0.05) is 6.54 Å². The summed E-state index contributed by atoms with van der Waals surface area (Å²) < 4.78 is 5.38. The number of unbranched alkanes of at least 4 members (excludes halogenated alkanes) is 1. The van der Waals surface area contributed by atoms with Crippen LogP contribution in [-0.2, 0) is 30.5 Å². The summed E-state index contributed by atoms with van der Waals surface area (Å²) in [7, 11) is 0. The van der Waals surface area contributed by atoms with Crippen LogP contribution >= 0.6 is 11.6 Å². The Morgan fingerprint density at radius 2 is 1.87 bits per heavy atom. The molecule has 164 valence electrons. The Labute approximate surface area is 180 Å². The van der Waals surface area contributed by atoms with Crippen LogP contribution in [0.4, 0.5) is 0 Å². The number of halogens is 1. The van der Waals surface area contributed by atoms with Crippen molar-refractivity contribution >= 4 is 35.0 Å². The number of ether oxygens (including phenoxy) is 1. The number of rotatable bonds is 11. The number of alkyl halides is 1. The molecule has 30 heavy (non-hydrogen) atoms. The number of esters is 1. The van der Waals surface area contributed by atoms with Crippen molar-refractivity contribution in [3.05, 3.63) is 35.9 Å². The number of Topliss-reactive ketones (excluding diaryl/α,β-unsaturated/α-hetero) is 2. The molecule has 1 aromatic rings. The molecule has 1 saturated heterocycles. The van der Waals surface area contributed by atoms with Crippen LogP contribution in [0.15, 0.2) is 30.3 Å². The number of amides is 1. The van der Waals surface area contributed by atoms with Gasteiger partial charge in [-0.15, -0.1) is 11.6 Å². The van der Waals surface area contributed by atoms with Gasteiger partial charge < -0.3 is 21.1 Å². The van der Waals surface area contributed by atoms with Crippen LogP contribution in [0.25, 0.3) is 0 Å². The number of benzene rings is 1. The molecule has 2 rings (SSSR count). The molecule has 1 fully saturated rings. The van der Waals surface area contributed by atoms with Crippen LogP contribution in [0.1, 0.15) is 37.7 Å². The van der Waals surface area contributed by atoms with E-state index in [2.05, 4.69) is 0 Å². The summed E-state index contributed by atoms with van der Waals surface area (Å²) >= 11 is 5.58. The van der Waals surface area contributed by atoms with Crippen LogP contribution in [-0.4, -0.2) is 58.9 Å². The minimum Gasteiger partial charge on any atom is -0.459 e. The van der Waals surface area contributed by atoms with Gasteiger partial charge in [0.25, 0.3) is 0 Å². The number of likely N-dealkylation sites (tertiary alicyclic amines) is 1. The molecule has 9 heteroatoms. The maximum Gasteiger partial charge on any atom is 0.340 e. The monoisotopic (exact) mass is 437 g/mol. The van der Waals surface area contributed by atoms with Crippen LogP contribution < -0.4 is 11.5 Å². The lowest BCUT2D eigenvalue weighted by molar-refractivity contribution is -0.169. The minimum atomic E-state index is -2.02. The molecule has 1 heterocycles. The summed E-state index contributed by atoms with van der Waals surface area (Å²) in [5.74, 6) is -4.05. The number of nitrogens with zero attached hydrogens (tertiary/aromatic N) is 1. The molecule has 0 aromatic heterocycles. The lowest BCUT2D eigenvalue weighted by Gasteiger charge is -2.35. The SMILES string of the molecule is NCCCC[C@H](N)C(=O)N1CCC[C@@]1(C(=O)OCc1ccccc1)C(=O)C(=O)CCl. The third-order valence-electron chi connectivity index (χ3n) is 5.23. The molecule has 8 nitrogen and oxygen atoms in total. The summed E-state index contributed by atoms with van der Waals surface area (Å²) in [5, 5.41) is 0. The van der Waals surface area contributed by atoms with Crippen LogP contribution in [0.2, 0.25) is 0 Å². The van der Waals surface area contributed by atoms with E-state index >= 15 is 0 Å². The molecule has 1 aliphatic rings. The topological polar surface area (TPSA) is 133 Å². The fourth-order valence-electron chi connectivity index (χ4n) is 3.62. The van der Waals surface area contributed by atoms with E-state index in [1.165, 1.54) is 0 Å². The van der Waals surface area contributed by atoms with Crippen molar-refractivity contribution in [3.63, 3.8) is 0 Å². The zero-order valence-corrected chi connectivity index (χ0v) is 17.6. The van der Waals surface area contributed by atoms with Gasteiger partial charge in [0.15, 0.2) is 0 Å². The van der Waals surface area contributed by atoms with Crippen LogP contribution in [0, 0.1) is 0 Å². The van der Waals surface area contributed by atoms with Crippen molar-refractivity contribution in [2.45, 2.75) is 50.3 Å². The second-order valence-electron chi connectivity index (χ2n) is 7.29. The second kappa shape index (κ2) is 11.2. The van der Waals surface area contributed by atoms with E-state index in [1.807, 2.05) is 6.07 Å². The number of carbonyl (C=O) groups is 4. The first-order valence-corrected chi connectivity index (χ1v) is 10.5. The molecule has 0 aliphatic carbocycles. The molecule has 0 saturated carbocycles.